The molecule has 0 bridgehead atoms. The summed E-state index contributed by atoms with van der Waals surface area (Å²) in [6, 6.07) is 11.7. The maximum absolute atomic E-state index is 12.7. The zero-order chi connectivity index (χ0) is 18.7. The monoisotopic (exact) mass is 378 g/mol. The number of halogens is 4. The van der Waals surface area contributed by atoms with Crippen molar-refractivity contribution in [1.29, 1.82) is 0 Å². The fraction of sp³-hybridized carbons (Fsp3) is 0.167. The molecule has 0 amide bonds. The highest BCUT2D eigenvalue weighted by molar-refractivity contribution is 6.30. The summed E-state index contributed by atoms with van der Waals surface area (Å²) in [6.07, 6.45) is -4.39. The molecule has 26 heavy (non-hydrogen) atoms. The Morgan fingerprint density at radius 1 is 1.00 bits per heavy atom. The largest absolute Gasteiger partial charge is 0.416 e. The van der Waals surface area contributed by atoms with Crippen LogP contribution in [0.3, 0.4) is 0 Å². The topological polar surface area (TPSA) is 50.7 Å². The normalized spacial score (nSPS) is 11.4. The van der Waals surface area contributed by atoms with Crippen molar-refractivity contribution in [3.05, 3.63) is 59.1 Å². The second-order valence-corrected chi connectivity index (χ2v) is 5.88. The van der Waals surface area contributed by atoms with E-state index >= 15 is 0 Å². The highest BCUT2D eigenvalue weighted by Gasteiger charge is 2.30. The zero-order valence-electron chi connectivity index (χ0n) is 13.7. The Balaban J connectivity index is 2.05. The molecule has 0 aliphatic carbocycles. The lowest BCUT2D eigenvalue weighted by molar-refractivity contribution is -0.137. The van der Waals surface area contributed by atoms with Gasteiger partial charge < -0.3 is 5.32 Å². The van der Waals surface area contributed by atoms with Crippen LogP contribution >= 0.6 is 11.6 Å². The first-order chi connectivity index (χ1) is 12.4. The Morgan fingerprint density at radius 3 is 2.35 bits per heavy atom. The van der Waals surface area contributed by atoms with Gasteiger partial charge in [0.25, 0.3) is 0 Å². The van der Waals surface area contributed by atoms with E-state index in [1.165, 1.54) is 12.1 Å². The van der Waals surface area contributed by atoms with E-state index in [0.29, 0.717) is 28.6 Å². The van der Waals surface area contributed by atoms with Gasteiger partial charge in [-0.15, -0.1) is 10.2 Å². The van der Waals surface area contributed by atoms with E-state index in [1.807, 2.05) is 13.0 Å². The minimum atomic E-state index is -4.39. The molecule has 4 nitrogen and oxygen atoms in total. The number of nitrogens with one attached hydrogen (secondary N) is 1. The molecule has 0 fully saturated rings. The van der Waals surface area contributed by atoms with Crippen molar-refractivity contribution in [3.63, 3.8) is 0 Å². The van der Waals surface area contributed by atoms with Crippen LogP contribution in [-0.4, -0.2) is 21.7 Å². The quantitative estimate of drug-likeness (QED) is 0.668. The van der Waals surface area contributed by atoms with Gasteiger partial charge in [-0.2, -0.15) is 13.2 Å². The van der Waals surface area contributed by atoms with E-state index in [-0.39, 0.29) is 5.82 Å². The summed E-state index contributed by atoms with van der Waals surface area (Å²) in [7, 11) is 0. The summed E-state index contributed by atoms with van der Waals surface area (Å²) in [6.45, 7) is 2.52. The maximum atomic E-state index is 12.7. The number of alkyl halides is 3. The predicted molar refractivity (Wildman–Crippen MR) is 94.9 cm³/mol. The number of aromatic nitrogens is 3. The van der Waals surface area contributed by atoms with Crippen LogP contribution in [0.15, 0.2) is 48.5 Å². The van der Waals surface area contributed by atoms with Crippen molar-refractivity contribution in [2.45, 2.75) is 13.1 Å². The smallest absolute Gasteiger partial charge is 0.367 e. The Bertz CT molecular complexity index is 911. The number of rotatable bonds is 4. The summed E-state index contributed by atoms with van der Waals surface area (Å²) in [5, 5.41) is 11.8. The van der Waals surface area contributed by atoms with Crippen LogP contribution in [0.5, 0.6) is 0 Å². The second-order valence-electron chi connectivity index (χ2n) is 5.45. The second kappa shape index (κ2) is 7.29. The molecule has 0 saturated carbocycles. The highest BCUT2D eigenvalue weighted by Crippen LogP contribution is 2.31. The molecule has 0 atom stereocenters. The molecule has 1 heterocycles. The van der Waals surface area contributed by atoms with Crippen LogP contribution in [-0.2, 0) is 6.18 Å². The van der Waals surface area contributed by atoms with E-state index in [4.69, 9.17) is 11.6 Å². The third-order valence-corrected chi connectivity index (χ3v) is 3.83. The van der Waals surface area contributed by atoms with Gasteiger partial charge in [0.15, 0.2) is 11.6 Å². The third-order valence-electron chi connectivity index (χ3n) is 3.60. The molecule has 1 N–H and O–H groups in total. The average Bonchev–Trinajstić information content (AvgIpc) is 2.62. The molecule has 134 valence electrons. The van der Waals surface area contributed by atoms with Crippen LogP contribution in [0.1, 0.15) is 12.5 Å². The highest BCUT2D eigenvalue weighted by atomic mass is 35.5. The SMILES string of the molecule is CCNc1nnc(-c2ccc(C(F)(F)F)cc2)nc1-c1cccc(Cl)c1. The lowest BCUT2D eigenvalue weighted by atomic mass is 10.1. The molecule has 0 radical (unpaired) electrons. The first kappa shape index (κ1) is 18.1. The van der Waals surface area contributed by atoms with Gasteiger partial charge in [-0.05, 0) is 31.2 Å². The van der Waals surface area contributed by atoms with Crippen LogP contribution < -0.4 is 5.32 Å². The summed E-state index contributed by atoms with van der Waals surface area (Å²) in [5.41, 5.74) is 0.973. The fourth-order valence-electron chi connectivity index (χ4n) is 2.38. The predicted octanol–water partition coefficient (Wildman–Crippen LogP) is 5.31. The number of hydrogen-bond acceptors (Lipinski definition) is 4. The standard InChI is InChI=1S/C18H14ClF3N4/c1-2-23-17-15(12-4-3-5-14(19)10-12)24-16(25-26-17)11-6-8-13(9-7-11)18(20,21)22/h3-10H,2H2,1H3,(H,23,26). The molecule has 1 aromatic heterocycles. The Morgan fingerprint density at radius 2 is 1.73 bits per heavy atom. The Hall–Kier alpha value is -2.67. The van der Waals surface area contributed by atoms with Gasteiger partial charge in [0.1, 0.15) is 5.69 Å². The molecule has 3 aromatic rings. The van der Waals surface area contributed by atoms with E-state index in [2.05, 4.69) is 20.5 Å². The number of anilines is 1. The number of nitrogens with zero attached hydrogens (tertiary/aromatic N) is 3. The van der Waals surface area contributed by atoms with Crippen molar-refractivity contribution in [3.8, 4) is 22.6 Å². The van der Waals surface area contributed by atoms with E-state index < -0.39 is 11.7 Å². The van der Waals surface area contributed by atoms with Crippen molar-refractivity contribution in [2.24, 2.45) is 0 Å². The fourth-order valence-corrected chi connectivity index (χ4v) is 2.57. The average molecular weight is 379 g/mol. The van der Waals surface area contributed by atoms with Crippen LogP contribution in [0.25, 0.3) is 22.6 Å². The molecule has 0 aliphatic heterocycles. The van der Waals surface area contributed by atoms with E-state index in [0.717, 1.165) is 17.7 Å². The lowest BCUT2D eigenvalue weighted by Gasteiger charge is -2.11. The van der Waals surface area contributed by atoms with Gasteiger partial charge >= 0.3 is 6.18 Å². The van der Waals surface area contributed by atoms with E-state index in [9.17, 15) is 13.2 Å². The van der Waals surface area contributed by atoms with Crippen LogP contribution in [0.4, 0.5) is 19.0 Å². The Labute approximate surface area is 153 Å². The molecule has 0 spiro atoms. The van der Waals surface area contributed by atoms with Gasteiger partial charge in [-0.25, -0.2) is 4.98 Å². The summed E-state index contributed by atoms with van der Waals surface area (Å²) in [5.74, 6) is 0.709. The first-order valence-electron chi connectivity index (χ1n) is 7.80. The minimum Gasteiger partial charge on any atom is -0.367 e. The van der Waals surface area contributed by atoms with Crippen molar-refractivity contribution < 1.29 is 13.2 Å². The molecular weight excluding hydrogens is 365 g/mol. The number of benzene rings is 2. The molecule has 0 saturated heterocycles. The summed E-state index contributed by atoms with van der Waals surface area (Å²) >= 11 is 6.05. The van der Waals surface area contributed by atoms with Gasteiger partial charge in [0.2, 0.25) is 0 Å². The molecule has 0 unspecified atom stereocenters. The van der Waals surface area contributed by atoms with Gasteiger partial charge in [0, 0.05) is 22.7 Å². The lowest BCUT2D eigenvalue weighted by Crippen LogP contribution is -2.07. The molecule has 2 aromatic carbocycles. The van der Waals surface area contributed by atoms with Crippen molar-refractivity contribution in [2.75, 3.05) is 11.9 Å². The van der Waals surface area contributed by atoms with Gasteiger partial charge in [-0.3, -0.25) is 0 Å². The Kier molecular flexibility index (Phi) is 5.08. The zero-order valence-corrected chi connectivity index (χ0v) is 14.4. The third kappa shape index (κ3) is 3.94. The summed E-state index contributed by atoms with van der Waals surface area (Å²) < 4.78 is 38.2. The molecule has 0 aliphatic rings. The molecular formula is C18H14ClF3N4. The van der Waals surface area contributed by atoms with Gasteiger partial charge in [0.05, 0.1) is 5.56 Å². The summed E-state index contributed by atoms with van der Waals surface area (Å²) in [4.78, 5) is 4.49. The number of hydrogen-bond donors (Lipinski definition) is 1. The molecule has 3 rings (SSSR count). The van der Waals surface area contributed by atoms with Crippen molar-refractivity contribution in [1.82, 2.24) is 15.2 Å². The molecule has 8 heteroatoms. The van der Waals surface area contributed by atoms with Crippen molar-refractivity contribution >= 4 is 17.4 Å². The van der Waals surface area contributed by atoms with Crippen LogP contribution in [0, 0.1) is 0 Å². The minimum absolute atomic E-state index is 0.232. The van der Waals surface area contributed by atoms with Gasteiger partial charge in [-0.1, -0.05) is 35.9 Å². The first-order valence-corrected chi connectivity index (χ1v) is 8.18. The van der Waals surface area contributed by atoms with Crippen LogP contribution in [0.2, 0.25) is 5.02 Å². The van der Waals surface area contributed by atoms with E-state index in [1.54, 1.807) is 18.2 Å². The maximum Gasteiger partial charge on any atom is 0.416 e.